The van der Waals surface area contributed by atoms with Gasteiger partial charge in [0.05, 0.1) is 11.6 Å². The third kappa shape index (κ3) is 4.92. The van der Waals surface area contributed by atoms with Crippen LogP contribution in [0.4, 0.5) is 10.5 Å². The minimum Gasteiger partial charge on any atom is -0.369 e. The van der Waals surface area contributed by atoms with Crippen LogP contribution < -0.4 is 4.90 Å². The Kier molecular flexibility index (Phi) is 6.45. The minimum atomic E-state index is -0.193. The van der Waals surface area contributed by atoms with Crippen molar-refractivity contribution < 1.29 is 9.59 Å². The fourth-order valence-electron chi connectivity index (χ4n) is 4.10. The van der Waals surface area contributed by atoms with E-state index in [1.54, 1.807) is 0 Å². The summed E-state index contributed by atoms with van der Waals surface area (Å²) >= 11 is 1.04. The highest BCUT2D eigenvalue weighted by molar-refractivity contribution is 8.18. The molecule has 2 aromatic rings. The number of hydrogen-bond acceptors (Lipinski definition) is 5. The lowest BCUT2D eigenvalue weighted by Crippen LogP contribution is -2.51. The van der Waals surface area contributed by atoms with Gasteiger partial charge in [0.2, 0.25) is 0 Å². The summed E-state index contributed by atoms with van der Waals surface area (Å²) in [6, 6.07) is 16.6. The number of amides is 2. The van der Waals surface area contributed by atoms with Crippen LogP contribution in [0, 0.1) is 6.92 Å². The molecule has 0 N–H and O–H groups in total. The molecule has 0 aromatic heterocycles. The first kappa shape index (κ1) is 22.6. The van der Waals surface area contributed by atoms with E-state index in [1.165, 1.54) is 21.7 Å². The monoisotopic (exact) mass is 449 g/mol. The van der Waals surface area contributed by atoms with Gasteiger partial charge in [0.1, 0.15) is 0 Å². The Morgan fingerprint density at radius 3 is 2.22 bits per heavy atom. The van der Waals surface area contributed by atoms with Gasteiger partial charge in [-0.15, -0.1) is 0 Å². The number of hydrogen-bond donors (Lipinski definition) is 0. The summed E-state index contributed by atoms with van der Waals surface area (Å²) in [7, 11) is 0. The second kappa shape index (κ2) is 9.12. The third-order valence-corrected chi connectivity index (χ3v) is 7.03. The molecule has 2 heterocycles. The van der Waals surface area contributed by atoms with Crippen molar-refractivity contribution in [2.75, 3.05) is 37.7 Å². The normalized spacial score (nSPS) is 19.3. The Balaban J connectivity index is 1.37. The zero-order chi connectivity index (χ0) is 22.9. The highest BCUT2D eigenvalue weighted by Gasteiger charge is 2.36. The summed E-state index contributed by atoms with van der Waals surface area (Å²) in [5.41, 5.74) is 4.80. The fraction of sp³-hybridized carbons (Fsp3) is 0.385. The zero-order valence-electron chi connectivity index (χ0n) is 19.3. The lowest BCUT2D eigenvalue weighted by atomic mass is 9.87. The van der Waals surface area contributed by atoms with Gasteiger partial charge in [-0.25, -0.2) is 0 Å². The molecule has 0 aliphatic carbocycles. The van der Waals surface area contributed by atoms with Gasteiger partial charge in [0.25, 0.3) is 11.1 Å². The van der Waals surface area contributed by atoms with E-state index >= 15 is 0 Å². The number of piperazine rings is 1. The van der Waals surface area contributed by atoms with Crippen LogP contribution in [0.15, 0.2) is 53.4 Å². The molecule has 0 unspecified atom stereocenters. The summed E-state index contributed by atoms with van der Waals surface area (Å²) < 4.78 is 0. The quantitative estimate of drug-likeness (QED) is 0.607. The van der Waals surface area contributed by atoms with Crippen LogP contribution in [0.2, 0.25) is 0 Å². The summed E-state index contributed by atoms with van der Waals surface area (Å²) in [5.74, 6) is -0.193. The van der Waals surface area contributed by atoms with Crippen molar-refractivity contribution in [3.63, 3.8) is 0 Å². The molecule has 2 aliphatic rings. The van der Waals surface area contributed by atoms with Crippen LogP contribution in [-0.2, 0) is 10.2 Å². The van der Waals surface area contributed by atoms with Gasteiger partial charge >= 0.3 is 0 Å². The molecule has 0 atom stereocenters. The van der Waals surface area contributed by atoms with Crippen LogP contribution in [0.1, 0.15) is 37.5 Å². The van der Waals surface area contributed by atoms with Crippen molar-refractivity contribution >= 4 is 34.7 Å². The summed E-state index contributed by atoms with van der Waals surface area (Å²) in [5, 5.41) is -0.186. The van der Waals surface area contributed by atoms with E-state index in [2.05, 4.69) is 73.9 Å². The zero-order valence-corrected chi connectivity index (χ0v) is 20.1. The number of rotatable bonds is 4. The smallest absolute Gasteiger partial charge is 0.294 e. The van der Waals surface area contributed by atoms with Gasteiger partial charge in [-0.1, -0.05) is 63.2 Å². The highest BCUT2D eigenvalue weighted by atomic mass is 32.2. The van der Waals surface area contributed by atoms with Crippen LogP contribution in [0.5, 0.6) is 0 Å². The fourth-order valence-corrected chi connectivity index (χ4v) is 4.93. The topological polar surface area (TPSA) is 43.9 Å². The standard InChI is InChI=1S/C26H31N3O2S/c1-19-7-5-6-8-22(19)28-15-13-27(14-16-28)18-29-24(30)23(32-25(29)31)17-20-9-11-21(12-10-20)26(2,3)4/h5-12,17H,13-16,18H2,1-4H3/b23-17-. The average molecular weight is 450 g/mol. The Hall–Kier alpha value is -2.57. The molecular formula is C26H31N3O2S. The van der Waals surface area contributed by atoms with E-state index in [9.17, 15) is 9.59 Å². The van der Waals surface area contributed by atoms with Crippen molar-refractivity contribution in [3.05, 3.63) is 70.1 Å². The predicted octanol–water partition coefficient (Wildman–Crippen LogP) is 5.11. The van der Waals surface area contributed by atoms with Crippen LogP contribution >= 0.6 is 11.8 Å². The van der Waals surface area contributed by atoms with E-state index in [4.69, 9.17) is 0 Å². The average Bonchev–Trinajstić information content (AvgIpc) is 3.02. The Bertz CT molecular complexity index is 1030. The first-order valence-corrected chi connectivity index (χ1v) is 11.9. The van der Waals surface area contributed by atoms with Crippen molar-refractivity contribution in [1.29, 1.82) is 0 Å². The van der Waals surface area contributed by atoms with Crippen molar-refractivity contribution in [3.8, 4) is 0 Å². The maximum Gasteiger partial charge on any atom is 0.294 e. The molecule has 6 heteroatoms. The van der Waals surface area contributed by atoms with Gasteiger partial charge in [0.15, 0.2) is 0 Å². The van der Waals surface area contributed by atoms with E-state index in [0.717, 1.165) is 43.5 Å². The number of aryl methyl sites for hydroxylation is 1. The van der Waals surface area contributed by atoms with Gasteiger partial charge in [-0.2, -0.15) is 0 Å². The van der Waals surface area contributed by atoms with Crippen LogP contribution in [-0.4, -0.2) is 53.8 Å². The summed E-state index contributed by atoms with van der Waals surface area (Å²) in [6.45, 7) is 12.4. The maximum absolute atomic E-state index is 12.9. The lowest BCUT2D eigenvalue weighted by Gasteiger charge is -2.37. The number of benzene rings is 2. The first-order valence-electron chi connectivity index (χ1n) is 11.1. The molecule has 0 saturated carbocycles. The van der Waals surface area contributed by atoms with Gasteiger partial charge in [-0.05, 0) is 52.9 Å². The first-order chi connectivity index (χ1) is 15.2. The largest absolute Gasteiger partial charge is 0.369 e. The van der Waals surface area contributed by atoms with Crippen LogP contribution in [0.3, 0.4) is 0 Å². The Labute approximate surface area is 195 Å². The van der Waals surface area contributed by atoms with E-state index < -0.39 is 0 Å². The summed E-state index contributed by atoms with van der Waals surface area (Å²) in [4.78, 5) is 31.9. The Morgan fingerprint density at radius 2 is 1.59 bits per heavy atom. The summed E-state index contributed by atoms with van der Waals surface area (Å²) in [6.07, 6.45) is 1.83. The number of carbonyl (C=O) groups is 2. The molecular weight excluding hydrogens is 418 g/mol. The van der Waals surface area contributed by atoms with Gasteiger partial charge in [-0.3, -0.25) is 19.4 Å². The van der Waals surface area contributed by atoms with Crippen molar-refractivity contribution in [2.24, 2.45) is 0 Å². The molecule has 2 fully saturated rings. The second-order valence-corrected chi connectivity index (χ2v) is 10.5. The predicted molar refractivity (Wildman–Crippen MR) is 133 cm³/mol. The number of para-hydroxylation sites is 1. The molecule has 2 saturated heterocycles. The molecule has 0 radical (unpaired) electrons. The lowest BCUT2D eigenvalue weighted by molar-refractivity contribution is -0.124. The van der Waals surface area contributed by atoms with E-state index in [1.807, 2.05) is 18.2 Å². The molecule has 0 bridgehead atoms. The number of nitrogens with zero attached hydrogens (tertiary/aromatic N) is 3. The minimum absolute atomic E-state index is 0.0829. The second-order valence-electron chi connectivity index (χ2n) is 9.51. The van der Waals surface area contributed by atoms with Crippen molar-refractivity contribution in [1.82, 2.24) is 9.80 Å². The van der Waals surface area contributed by atoms with E-state index in [0.29, 0.717) is 11.6 Å². The number of anilines is 1. The number of carbonyl (C=O) groups excluding carboxylic acids is 2. The molecule has 4 rings (SSSR count). The molecule has 2 aliphatic heterocycles. The number of imide groups is 1. The van der Waals surface area contributed by atoms with E-state index in [-0.39, 0.29) is 16.6 Å². The highest BCUT2D eigenvalue weighted by Crippen LogP contribution is 2.33. The van der Waals surface area contributed by atoms with Gasteiger partial charge < -0.3 is 4.90 Å². The van der Waals surface area contributed by atoms with Crippen LogP contribution in [0.25, 0.3) is 6.08 Å². The molecule has 2 amide bonds. The SMILES string of the molecule is Cc1ccccc1N1CCN(CN2C(=O)S/C(=C\c3ccc(C(C)(C)C)cc3)C2=O)CC1. The number of thioether (sulfide) groups is 1. The maximum atomic E-state index is 12.9. The third-order valence-electron chi connectivity index (χ3n) is 6.12. The molecule has 168 valence electrons. The molecule has 2 aromatic carbocycles. The van der Waals surface area contributed by atoms with Gasteiger partial charge in [0, 0.05) is 31.9 Å². The molecule has 5 nitrogen and oxygen atoms in total. The molecule has 32 heavy (non-hydrogen) atoms. The molecule has 0 spiro atoms. The Morgan fingerprint density at radius 1 is 0.938 bits per heavy atom. The van der Waals surface area contributed by atoms with Crippen molar-refractivity contribution in [2.45, 2.75) is 33.1 Å².